The Balaban J connectivity index is 2.10. The Morgan fingerprint density at radius 1 is 0.860 bits per heavy atom. The van der Waals surface area contributed by atoms with Gasteiger partial charge < -0.3 is 44.3 Å². The van der Waals surface area contributed by atoms with Crippen molar-refractivity contribution in [3.8, 4) is 0 Å². The normalized spacial score (nSPS) is 31.4. The van der Waals surface area contributed by atoms with Crippen molar-refractivity contribution in [1.82, 2.24) is 0 Å². The van der Waals surface area contributed by atoms with Gasteiger partial charge in [-0.2, -0.15) is 13.2 Å². The van der Waals surface area contributed by atoms with Gasteiger partial charge in [-0.3, -0.25) is 0 Å². The van der Waals surface area contributed by atoms with Gasteiger partial charge in [0.1, 0.15) is 6.10 Å². The second-order valence-corrected chi connectivity index (χ2v) is 28.6. The maximum absolute atomic E-state index is 12.4. The number of rotatable bonds is 18. The molecular formula is C25H55F3O10Si5. The zero-order chi connectivity index (χ0) is 32.0. The fraction of sp³-hybridized carbons (Fsp3) is 1.00. The van der Waals surface area contributed by atoms with Crippen LogP contribution in [-0.4, -0.2) is 117 Å². The number of epoxide rings is 1. The lowest BCUT2D eigenvalue weighted by Crippen LogP contribution is -2.57. The predicted molar refractivity (Wildman–Crippen MR) is 168 cm³/mol. The average Bonchev–Trinajstić information content (AvgIpc) is 3.74. The summed E-state index contributed by atoms with van der Waals surface area (Å²) in [6, 6.07) is 3.65. The summed E-state index contributed by atoms with van der Waals surface area (Å²) < 4.78 is 98.0. The number of alkyl halides is 3. The Bertz CT molecular complexity index is 778. The molecule has 2 saturated heterocycles. The van der Waals surface area contributed by atoms with E-state index in [0.717, 1.165) is 44.0 Å². The van der Waals surface area contributed by atoms with Crippen LogP contribution >= 0.6 is 0 Å². The SMILES string of the molecule is CO[Si](CC[Si]1(C)O[SiH](C)O[Si](C)(CCCOCCC(F)(F)F)CCCCO[Si](C)(CCCOCC2CO2)O1)(OC)OC. The highest BCUT2D eigenvalue weighted by Crippen LogP contribution is 2.32. The zero-order valence-electron chi connectivity index (χ0n) is 27.2. The van der Waals surface area contributed by atoms with Gasteiger partial charge in [-0.25, -0.2) is 0 Å². The molecule has 0 aromatic heterocycles. The predicted octanol–water partition coefficient (Wildman–Crippen LogP) is 5.46. The summed E-state index contributed by atoms with van der Waals surface area (Å²) >= 11 is 0. The summed E-state index contributed by atoms with van der Waals surface area (Å²) in [6.07, 6.45) is -1.57. The summed E-state index contributed by atoms with van der Waals surface area (Å²) in [5, 5.41) is 0. The Morgan fingerprint density at radius 2 is 1.51 bits per heavy atom. The molecule has 0 bridgehead atoms. The van der Waals surface area contributed by atoms with Gasteiger partial charge >= 0.3 is 32.1 Å². The number of halogens is 3. The molecule has 0 aliphatic carbocycles. The van der Waals surface area contributed by atoms with E-state index in [4.69, 9.17) is 44.3 Å². The first-order valence-corrected chi connectivity index (χ1v) is 27.3. The van der Waals surface area contributed by atoms with Gasteiger partial charge in [0, 0.05) is 47.2 Å². The smallest absolute Gasteiger partial charge is 0.438 e. The number of ether oxygens (including phenoxy) is 3. The molecule has 0 amide bonds. The minimum Gasteiger partial charge on any atom is -0.438 e. The Labute approximate surface area is 262 Å². The lowest BCUT2D eigenvalue weighted by atomic mass is 10.4. The largest absolute Gasteiger partial charge is 0.500 e. The number of hydrogen-bond acceptors (Lipinski definition) is 10. The monoisotopic (exact) mass is 712 g/mol. The average molecular weight is 713 g/mol. The van der Waals surface area contributed by atoms with E-state index in [1.165, 1.54) is 0 Å². The van der Waals surface area contributed by atoms with Gasteiger partial charge in [0.15, 0.2) is 8.32 Å². The van der Waals surface area contributed by atoms with Crippen LogP contribution in [-0.2, 0) is 44.3 Å². The molecule has 0 aromatic rings. The van der Waals surface area contributed by atoms with Crippen molar-refractivity contribution < 1.29 is 57.4 Å². The topological polar surface area (TPSA) is 95.6 Å². The Kier molecular flexibility index (Phi) is 17.3. The minimum atomic E-state index is -4.20. The van der Waals surface area contributed by atoms with E-state index in [-0.39, 0.29) is 19.3 Å². The van der Waals surface area contributed by atoms with Gasteiger partial charge in [0.25, 0.3) is 9.28 Å². The van der Waals surface area contributed by atoms with Crippen molar-refractivity contribution in [1.29, 1.82) is 0 Å². The minimum absolute atomic E-state index is 0.236. The van der Waals surface area contributed by atoms with Crippen molar-refractivity contribution in [3.05, 3.63) is 0 Å². The van der Waals surface area contributed by atoms with E-state index in [9.17, 15) is 13.2 Å². The van der Waals surface area contributed by atoms with Gasteiger partial charge in [-0.15, -0.1) is 0 Å². The molecule has 0 radical (unpaired) electrons. The van der Waals surface area contributed by atoms with Crippen molar-refractivity contribution in [3.63, 3.8) is 0 Å². The van der Waals surface area contributed by atoms with Gasteiger partial charge in [-0.1, -0.05) is 6.42 Å². The van der Waals surface area contributed by atoms with Gasteiger partial charge in [0.2, 0.25) is 0 Å². The first-order chi connectivity index (χ1) is 20.2. The molecule has 2 rings (SSSR count). The Morgan fingerprint density at radius 3 is 2.14 bits per heavy atom. The van der Waals surface area contributed by atoms with Crippen LogP contribution in [0.5, 0.6) is 0 Å². The molecule has 0 aromatic carbocycles. The van der Waals surface area contributed by atoms with Crippen LogP contribution in [0.15, 0.2) is 0 Å². The second-order valence-electron chi connectivity index (χ2n) is 11.9. The van der Waals surface area contributed by atoms with Crippen molar-refractivity contribution >= 4 is 43.5 Å². The van der Waals surface area contributed by atoms with Crippen LogP contribution in [0.3, 0.4) is 0 Å². The lowest BCUT2D eigenvalue weighted by molar-refractivity contribution is -0.145. The molecule has 2 fully saturated rings. The molecular weight excluding hydrogens is 658 g/mol. The summed E-state index contributed by atoms with van der Waals surface area (Å²) in [4.78, 5) is 0. The van der Waals surface area contributed by atoms with Gasteiger partial charge in [-0.05, 0) is 69.6 Å². The first kappa shape index (κ1) is 39.7. The first-order valence-electron chi connectivity index (χ1n) is 15.4. The highest BCUT2D eigenvalue weighted by molar-refractivity contribution is 6.85. The molecule has 18 heteroatoms. The summed E-state index contributed by atoms with van der Waals surface area (Å²) in [5.41, 5.74) is 0. The lowest BCUT2D eigenvalue weighted by Gasteiger charge is -2.41. The van der Waals surface area contributed by atoms with Crippen molar-refractivity contribution in [2.24, 2.45) is 0 Å². The zero-order valence-corrected chi connectivity index (χ0v) is 32.3. The van der Waals surface area contributed by atoms with Crippen LogP contribution in [0.1, 0.15) is 32.1 Å². The van der Waals surface area contributed by atoms with Crippen molar-refractivity contribution in [2.45, 2.75) is 101 Å². The third-order valence-corrected chi connectivity index (χ3v) is 27.4. The standard InChI is InChI=1S/C25H55F3O10Si5/c1-29-43(30-2,31-3)21-20-42(7)37-39(4)36-40(5,18-10-13-32-16-12-25(26,27)28)17-9-8-15-35-41(6,38-42)19-11-14-33-22-24-23-34-24/h24,39H,8-23H2,1-7H3. The molecule has 0 saturated carbocycles. The molecule has 2 heterocycles. The van der Waals surface area contributed by atoms with Crippen LogP contribution in [0.4, 0.5) is 13.2 Å². The molecule has 0 N–H and O–H groups in total. The van der Waals surface area contributed by atoms with E-state index < -0.39 is 56.1 Å². The fourth-order valence-corrected chi connectivity index (χ4v) is 26.5. The van der Waals surface area contributed by atoms with E-state index in [1.807, 2.05) is 6.55 Å². The van der Waals surface area contributed by atoms with Gasteiger partial charge in [0.05, 0.1) is 26.2 Å². The van der Waals surface area contributed by atoms with E-state index in [0.29, 0.717) is 38.3 Å². The third kappa shape index (κ3) is 16.2. The molecule has 5 unspecified atom stereocenters. The van der Waals surface area contributed by atoms with E-state index >= 15 is 0 Å². The van der Waals surface area contributed by atoms with Crippen LogP contribution in [0.2, 0.25) is 56.4 Å². The summed E-state index contributed by atoms with van der Waals surface area (Å²) in [5.74, 6) is 0. The third-order valence-electron chi connectivity index (χ3n) is 7.77. The maximum atomic E-state index is 12.4. The molecule has 5 atom stereocenters. The van der Waals surface area contributed by atoms with E-state index in [1.54, 1.807) is 21.3 Å². The fourth-order valence-electron chi connectivity index (χ4n) is 5.30. The summed E-state index contributed by atoms with van der Waals surface area (Å²) in [7, 11) is -7.99. The second kappa shape index (κ2) is 18.7. The molecule has 2 aliphatic heterocycles. The quantitative estimate of drug-likeness (QED) is 0.104. The van der Waals surface area contributed by atoms with E-state index in [2.05, 4.69) is 19.6 Å². The molecule has 43 heavy (non-hydrogen) atoms. The van der Waals surface area contributed by atoms with Crippen LogP contribution < -0.4 is 0 Å². The van der Waals surface area contributed by atoms with Crippen molar-refractivity contribution in [2.75, 3.05) is 61.0 Å². The Hall–Kier alpha value is 0.474. The molecule has 256 valence electrons. The summed E-state index contributed by atoms with van der Waals surface area (Å²) in [6.45, 7) is 11.0. The number of hydrogen-bond donors (Lipinski definition) is 0. The highest BCUT2D eigenvalue weighted by Gasteiger charge is 2.49. The highest BCUT2D eigenvalue weighted by atomic mass is 28.5. The van der Waals surface area contributed by atoms with Crippen LogP contribution in [0.25, 0.3) is 0 Å². The molecule has 2 aliphatic rings. The van der Waals surface area contributed by atoms with Crippen LogP contribution in [0, 0.1) is 0 Å². The molecule has 10 nitrogen and oxygen atoms in total. The maximum Gasteiger partial charge on any atom is 0.500 e. The molecule has 0 spiro atoms.